The molecule has 0 spiro atoms. The van der Waals surface area contributed by atoms with Crippen molar-refractivity contribution in [3.8, 4) is 0 Å². The Morgan fingerprint density at radius 3 is 2.47 bits per heavy atom. The van der Waals surface area contributed by atoms with Gasteiger partial charge in [0.2, 0.25) is 0 Å². The zero-order valence-corrected chi connectivity index (χ0v) is 11.6. The zero-order chi connectivity index (χ0) is 12.5. The molecule has 1 aromatic heterocycles. The van der Waals surface area contributed by atoms with E-state index in [1.54, 1.807) is 0 Å². The van der Waals surface area contributed by atoms with Crippen molar-refractivity contribution >= 4 is 0 Å². The molecule has 2 rings (SSSR count). The first-order valence-corrected chi connectivity index (χ1v) is 6.87. The highest BCUT2D eigenvalue weighted by atomic mass is 16.3. The van der Waals surface area contributed by atoms with Crippen molar-refractivity contribution in [2.24, 2.45) is 5.41 Å². The van der Waals surface area contributed by atoms with Crippen LogP contribution in [0.15, 0.2) is 10.5 Å². The predicted octanol–water partition coefficient (Wildman–Crippen LogP) is 4.13. The normalized spacial score (nSPS) is 20.7. The second-order valence-corrected chi connectivity index (χ2v) is 5.72. The highest BCUT2D eigenvalue weighted by Gasteiger charge is 2.38. The minimum Gasteiger partial charge on any atom is -0.466 e. The summed E-state index contributed by atoms with van der Waals surface area (Å²) >= 11 is 0. The van der Waals surface area contributed by atoms with Crippen LogP contribution in [-0.2, 0) is 0 Å². The van der Waals surface area contributed by atoms with E-state index in [2.05, 4.69) is 32.2 Å². The summed E-state index contributed by atoms with van der Waals surface area (Å²) in [6.45, 7) is 9.76. The molecule has 0 amide bonds. The summed E-state index contributed by atoms with van der Waals surface area (Å²) in [5, 5.41) is 3.68. The third kappa shape index (κ3) is 2.42. The van der Waals surface area contributed by atoms with E-state index in [1.807, 2.05) is 6.92 Å². The number of nitrogens with one attached hydrogen (secondary N) is 1. The minimum atomic E-state index is 0.400. The standard InChI is InChI=1S/C15H25NO/c1-5-16-14(15(4)8-6-7-9-15)13-10-11(2)17-12(13)3/h10,14,16H,5-9H2,1-4H3. The summed E-state index contributed by atoms with van der Waals surface area (Å²) in [6, 6.07) is 2.67. The van der Waals surface area contributed by atoms with Gasteiger partial charge in [0, 0.05) is 11.6 Å². The Morgan fingerprint density at radius 1 is 1.35 bits per heavy atom. The quantitative estimate of drug-likeness (QED) is 0.849. The highest BCUT2D eigenvalue weighted by molar-refractivity contribution is 5.26. The van der Waals surface area contributed by atoms with Crippen LogP contribution in [0.5, 0.6) is 0 Å². The average Bonchev–Trinajstić information content (AvgIpc) is 2.83. The molecule has 0 radical (unpaired) electrons. The first-order valence-electron chi connectivity index (χ1n) is 6.87. The SMILES string of the molecule is CCNC(c1cc(C)oc1C)C1(C)CCCC1. The van der Waals surface area contributed by atoms with Gasteiger partial charge in [-0.1, -0.05) is 26.7 Å². The molecule has 1 heterocycles. The van der Waals surface area contributed by atoms with Gasteiger partial charge in [0.1, 0.15) is 11.5 Å². The Hall–Kier alpha value is -0.760. The first-order chi connectivity index (χ1) is 8.07. The fourth-order valence-electron chi connectivity index (χ4n) is 3.34. The number of rotatable bonds is 4. The lowest BCUT2D eigenvalue weighted by Crippen LogP contribution is -2.34. The van der Waals surface area contributed by atoms with Gasteiger partial charge in [0.25, 0.3) is 0 Å². The smallest absolute Gasteiger partial charge is 0.105 e. The molecule has 1 aromatic rings. The van der Waals surface area contributed by atoms with E-state index in [0.717, 1.165) is 18.1 Å². The second kappa shape index (κ2) is 4.85. The molecule has 0 aliphatic heterocycles. The molecular weight excluding hydrogens is 210 g/mol. The van der Waals surface area contributed by atoms with Gasteiger partial charge in [-0.2, -0.15) is 0 Å². The van der Waals surface area contributed by atoms with Crippen molar-refractivity contribution in [3.63, 3.8) is 0 Å². The van der Waals surface area contributed by atoms with Crippen molar-refractivity contribution in [1.29, 1.82) is 0 Å². The second-order valence-electron chi connectivity index (χ2n) is 5.72. The molecule has 0 aromatic carbocycles. The molecule has 1 aliphatic carbocycles. The molecule has 2 nitrogen and oxygen atoms in total. The lowest BCUT2D eigenvalue weighted by molar-refractivity contribution is 0.224. The first kappa shape index (κ1) is 12.7. The summed E-state index contributed by atoms with van der Waals surface area (Å²) in [6.07, 6.45) is 5.39. The van der Waals surface area contributed by atoms with E-state index >= 15 is 0 Å². The van der Waals surface area contributed by atoms with Crippen LogP contribution in [0.4, 0.5) is 0 Å². The van der Waals surface area contributed by atoms with E-state index in [4.69, 9.17) is 4.42 Å². The fourth-order valence-corrected chi connectivity index (χ4v) is 3.34. The lowest BCUT2D eigenvalue weighted by atomic mass is 9.77. The van der Waals surface area contributed by atoms with Crippen molar-refractivity contribution in [2.45, 2.75) is 59.4 Å². The number of furan rings is 1. The van der Waals surface area contributed by atoms with Crippen LogP contribution in [0.3, 0.4) is 0 Å². The molecule has 0 saturated heterocycles. The topological polar surface area (TPSA) is 25.2 Å². The fraction of sp³-hybridized carbons (Fsp3) is 0.733. The Balaban J connectivity index is 2.31. The molecule has 1 unspecified atom stereocenters. The van der Waals surface area contributed by atoms with E-state index < -0.39 is 0 Å². The molecule has 2 heteroatoms. The maximum atomic E-state index is 5.71. The van der Waals surface area contributed by atoms with Gasteiger partial charge in [-0.05, 0) is 44.7 Å². The summed E-state index contributed by atoms with van der Waals surface area (Å²) in [7, 11) is 0. The molecule has 1 aliphatic rings. The van der Waals surface area contributed by atoms with Crippen LogP contribution in [0.1, 0.15) is 62.7 Å². The molecule has 1 fully saturated rings. The van der Waals surface area contributed by atoms with Crippen LogP contribution in [0, 0.1) is 19.3 Å². The van der Waals surface area contributed by atoms with Gasteiger partial charge >= 0.3 is 0 Å². The van der Waals surface area contributed by atoms with Crippen LogP contribution in [-0.4, -0.2) is 6.54 Å². The van der Waals surface area contributed by atoms with Crippen molar-refractivity contribution in [1.82, 2.24) is 5.32 Å². The summed E-state index contributed by atoms with van der Waals surface area (Å²) in [5.41, 5.74) is 1.77. The third-order valence-electron chi connectivity index (χ3n) is 4.24. The Labute approximate surface area is 105 Å². The van der Waals surface area contributed by atoms with Gasteiger partial charge in [-0.15, -0.1) is 0 Å². The van der Waals surface area contributed by atoms with Gasteiger partial charge in [-0.25, -0.2) is 0 Å². The monoisotopic (exact) mass is 235 g/mol. The van der Waals surface area contributed by atoms with Gasteiger partial charge < -0.3 is 9.73 Å². The minimum absolute atomic E-state index is 0.400. The number of hydrogen-bond acceptors (Lipinski definition) is 2. The third-order valence-corrected chi connectivity index (χ3v) is 4.24. The van der Waals surface area contributed by atoms with Crippen molar-refractivity contribution in [2.75, 3.05) is 6.54 Å². The predicted molar refractivity (Wildman–Crippen MR) is 71.2 cm³/mol. The van der Waals surface area contributed by atoms with E-state index in [9.17, 15) is 0 Å². The molecule has 1 saturated carbocycles. The largest absolute Gasteiger partial charge is 0.466 e. The average molecular weight is 235 g/mol. The van der Waals surface area contributed by atoms with E-state index in [0.29, 0.717) is 11.5 Å². The van der Waals surface area contributed by atoms with Gasteiger partial charge in [0.05, 0.1) is 0 Å². The van der Waals surface area contributed by atoms with E-state index in [1.165, 1.54) is 31.2 Å². The molecule has 96 valence electrons. The molecule has 0 bridgehead atoms. The maximum absolute atomic E-state index is 5.71. The van der Waals surface area contributed by atoms with Gasteiger partial charge in [0.15, 0.2) is 0 Å². The van der Waals surface area contributed by atoms with Crippen LogP contribution in [0.2, 0.25) is 0 Å². The number of hydrogen-bond donors (Lipinski definition) is 1. The van der Waals surface area contributed by atoms with Crippen LogP contribution < -0.4 is 5.32 Å². The maximum Gasteiger partial charge on any atom is 0.105 e. The molecule has 1 N–H and O–H groups in total. The van der Waals surface area contributed by atoms with Crippen molar-refractivity contribution in [3.05, 3.63) is 23.2 Å². The van der Waals surface area contributed by atoms with Gasteiger partial charge in [-0.3, -0.25) is 0 Å². The molecule has 1 atom stereocenters. The van der Waals surface area contributed by atoms with Crippen molar-refractivity contribution < 1.29 is 4.42 Å². The Kier molecular flexibility index (Phi) is 3.62. The van der Waals surface area contributed by atoms with E-state index in [-0.39, 0.29) is 0 Å². The summed E-state index contributed by atoms with van der Waals surface area (Å²) < 4.78 is 5.71. The number of aryl methyl sites for hydroxylation is 2. The van der Waals surface area contributed by atoms with Crippen LogP contribution in [0.25, 0.3) is 0 Å². The molecule has 17 heavy (non-hydrogen) atoms. The summed E-state index contributed by atoms with van der Waals surface area (Å²) in [5.74, 6) is 2.11. The molecular formula is C15H25NO. The lowest BCUT2D eigenvalue weighted by Gasteiger charge is -2.34. The highest BCUT2D eigenvalue weighted by Crippen LogP contribution is 2.48. The summed E-state index contributed by atoms with van der Waals surface area (Å²) in [4.78, 5) is 0. The Bertz CT molecular complexity index is 374. The Morgan fingerprint density at radius 2 is 2.00 bits per heavy atom. The zero-order valence-electron chi connectivity index (χ0n) is 11.6. The van der Waals surface area contributed by atoms with Crippen LogP contribution >= 0.6 is 0 Å².